The summed E-state index contributed by atoms with van der Waals surface area (Å²) >= 11 is 0. The largest absolute Gasteiger partial charge is 0.480 e. The SMILES string of the molecule is CC/C=C\C/C=C\C/C=C\C/C=C\C/C=C\CCCC(=O)OC(COC(=O)CCCCCCC/C=C\CCCCCC)COP(=O)(O)OCC(N)C(=O)O. The fourth-order valence-corrected chi connectivity index (χ4v) is 5.58. The third kappa shape index (κ3) is 35.9. The highest BCUT2D eigenvalue weighted by molar-refractivity contribution is 7.47. The summed E-state index contributed by atoms with van der Waals surface area (Å²) in [6, 6.07) is -1.53. The van der Waals surface area contributed by atoms with E-state index in [4.69, 9.17) is 24.8 Å². The van der Waals surface area contributed by atoms with Gasteiger partial charge in [-0.05, 0) is 77.0 Å². The zero-order chi connectivity index (χ0) is 40.0. The first-order valence-electron chi connectivity index (χ1n) is 20.0. The van der Waals surface area contributed by atoms with Gasteiger partial charge >= 0.3 is 25.7 Å². The summed E-state index contributed by atoms with van der Waals surface area (Å²) in [4.78, 5) is 45.8. The number of unbranched alkanes of at least 4 members (excludes halogenated alkanes) is 10. The van der Waals surface area contributed by atoms with Crippen LogP contribution in [0.15, 0.2) is 72.9 Å². The van der Waals surface area contributed by atoms with Crippen molar-refractivity contribution in [2.45, 2.75) is 154 Å². The summed E-state index contributed by atoms with van der Waals surface area (Å²) in [5.74, 6) is -2.48. The average molecular weight is 780 g/mol. The molecule has 4 N–H and O–H groups in total. The molecular weight excluding hydrogens is 709 g/mol. The van der Waals surface area contributed by atoms with Crippen molar-refractivity contribution < 1.29 is 47.5 Å². The molecular formula is C42H70NO10P. The van der Waals surface area contributed by atoms with Crippen LogP contribution in [0.3, 0.4) is 0 Å². The number of hydrogen-bond donors (Lipinski definition) is 3. The Morgan fingerprint density at radius 2 is 1.06 bits per heavy atom. The topological polar surface area (TPSA) is 172 Å². The Morgan fingerprint density at radius 1 is 0.593 bits per heavy atom. The Morgan fingerprint density at radius 3 is 1.63 bits per heavy atom. The Labute approximate surface area is 325 Å². The highest BCUT2D eigenvalue weighted by Crippen LogP contribution is 2.43. The minimum absolute atomic E-state index is 0.0776. The summed E-state index contributed by atoms with van der Waals surface area (Å²) in [7, 11) is -4.73. The molecule has 0 aromatic heterocycles. The average Bonchev–Trinajstić information content (AvgIpc) is 3.14. The van der Waals surface area contributed by atoms with Gasteiger partial charge in [-0.25, -0.2) is 4.57 Å². The van der Waals surface area contributed by atoms with E-state index in [0.717, 1.165) is 70.6 Å². The van der Waals surface area contributed by atoms with Crippen molar-refractivity contribution in [2.75, 3.05) is 19.8 Å². The minimum atomic E-state index is -4.73. The molecule has 0 bridgehead atoms. The number of carbonyl (C=O) groups is 3. The molecule has 3 unspecified atom stereocenters. The normalized spacial score (nSPS) is 14.6. The third-order valence-electron chi connectivity index (χ3n) is 7.94. The Bertz CT molecular complexity index is 1190. The van der Waals surface area contributed by atoms with Gasteiger partial charge in [0.05, 0.1) is 13.2 Å². The van der Waals surface area contributed by atoms with Crippen LogP contribution < -0.4 is 5.73 Å². The predicted octanol–water partition coefficient (Wildman–Crippen LogP) is 10.2. The predicted molar refractivity (Wildman–Crippen MR) is 217 cm³/mol. The lowest BCUT2D eigenvalue weighted by Crippen LogP contribution is -2.34. The Hall–Kier alpha value is -3.08. The molecule has 308 valence electrons. The smallest absolute Gasteiger partial charge is 0.472 e. The van der Waals surface area contributed by atoms with Gasteiger partial charge in [0.25, 0.3) is 0 Å². The van der Waals surface area contributed by atoms with Crippen LogP contribution in [-0.2, 0) is 37.5 Å². The van der Waals surface area contributed by atoms with Gasteiger partial charge in [0.1, 0.15) is 12.6 Å². The van der Waals surface area contributed by atoms with E-state index in [-0.39, 0.29) is 19.4 Å². The van der Waals surface area contributed by atoms with Gasteiger partial charge in [-0.1, -0.05) is 125 Å². The van der Waals surface area contributed by atoms with Gasteiger partial charge in [-0.3, -0.25) is 23.4 Å². The number of phosphoric ester groups is 1. The number of hydrogen-bond acceptors (Lipinski definition) is 9. The highest BCUT2D eigenvalue weighted by atomic mass is 31.2. The second-order valence-corrected chi connectivity index (χ2v) is 14.5. The molecule has 0 radical (unpaired) electrons. The second kappa shape index (κ2) is 36.9. The summed E-state index contributed by atoms with van der Waals surface area (Å²) in [6.07, 6.45) is 42.6. The van der Waals surface area contributed by atoms with Gasteiger partial charge < -0.3 is 25.2 Å². The zero-order valence-corrected chi connectivity index (χ0v) is 33.9. The van der Waals surface area contributed by atoms with Crippen molar-refractivity contribution in [3.05, 3.63) is 72.9 Å². The van der Waals surface area contributed by atoms with Crippen molar-refractivity contribution in [1.82, 2.24) is 0 Å². The second-order valence-electron chi connectivity index (χ2n) is 13.0. The van der Waals surface area contributed by atoms with E-state index in [9.17, 15) is 23.8 Å². The maximum absolute atomic E-state index is 12.6. The van der Waals surface area contributed by atoms with E-state index < -0.39 is 51.1 Å². The summed E-state index contributed by atoms with van der Waals surface area (Å²) in [6.45, 7) is 2.58. The van der Waals surface area contributed by atoms with Crippen LogP contribution >= 0.6 is 7.82 Å². The number of nitrogens with two attached hydrogens (primary N) is 1. The maximum atomic E-state index is 12.6. The highest BCUT2D eigenvalue weighted by Gasteiger charge is 2.28. The minimum Gasteiger partial charge on any atom is -0.480 e. The number of allylic oxidation sites excluding steroid dienone is 12. The first-order chi connectivity index (χ1) is 26.1. The quantitative estimate of drug-likeness (QED) is 0.0239. The number of phosphoric acid groups is 1. The fraction of sp³-hybridized carbons (Fsp3) is 0.643. The van der Waals surface area contributed by atoms with Crippen LogP contribution in [0.4, 0.5) is 0 Å². The monoisotopic (exact) mass is 779 g/mol. The molecule has 0 amide bonds. The fourth-order valence-electron chi connectivity index (χ4n) is 4.80. The van der Waals surface area contributed by atoms with E-state index in [1.165, 1.54) is 25.7 Å². The maximum Gasteiger partial charge on any atom is 0.472 e. The van der Waals surface area contributed by atoms with E-state index in [1.807, 2.05) is 12.2 Å². The summed E-state index contributed by atoms with van der Waals surface area (Å²) < 4.78 is 32.5. The molecule has 54 heavy (non-hydrogen) atoms. The first kappa shape index (κ1) is 50.9. The van der Waals surface area contributed by atoms with E-state index in [0.29, 0.717) is 19.3 Å². The molecule has 0 fully saturated rings. The standard InChI is InChI=1S/C42H70NO10P/c1-3-5-7-9-11-13-15-17-18-19-20-22-24-26-28-30-32-34-41(45)53-38(36-51-54(48,49)52-37-39(43)42(46)47)35-50-40(44)33-31-29-27-25-23-21-16-14-12-10-8-6-4-2/h5,7,11,13-14,16-18,20,22,26,28,38-39H,3-4,6,8-10,12,15,19,21,23-25,27,29-37,43H2,1-2H3,(H,46,47)(H,48,49)/b7-5-,13-11-,16-14-,18-17-,22-20-,28-26-. The molecule has 0 saturated carbocycles. The van der Waals surface area contributed by atoms with Gasteiger partial charge in [-0.2, -0.15) is 0 Å². The van der Waals surface area contributed by atoms with Gasteiger partial charge in [0.2, 0.25) is 0 Å². The van der Waals surface area contributed by atoms with Gasteiger partial charge in [0.15, 0.2) is 6.10 Å². The van der Waals surface area contributed by atoms with E-state index in [2.05, 4.69) is 79.1 Å². The molecule has 11 nitrogen and oxygen atoms in total. The number of carboxylic acids is 1. The molecule has 0 aliphatic rings. The number of carbonyl (C=O) groups excluding carboxylic acids is 2. The van der Waals surface area contributed by atoms with E-state index in [1.54, 1.807) is 0 Å². The summed E-state index contributed by atoms with van der Waals surface area (Å²) in [5, 5.41) is 8.87. The van der Waals surface area contributed by atoms with Crippen LogP contribution in [0, 0.1) is 0 Å². The van der Waals surface area contributed by atoms with Crippen molar-refractivity contribution in [3.63, 3.8) is 0 Å². The van der Waals surface area contributed by atoms with Crippen molar-refractivity contribution in [1.29, 1.82) is 0 Å². The Kier molecular flexibility index (Phi) is 34.8. The van der Waals surface area contributed by atoms with E-state index >= 15 is 0 Å². The van der Waals surface area contributed by atoms with Gasteiger partial charge in [0, 0.05) is 12.8 Å². The van der Waals surface area contributed by atoms with Crippen molar-refractivity contribution in [3.8, 4) is 0 Å². The van der Waals surface area contributed by atoms with Crippen LogP contribution in [0.5, 0.6) is 0 Å². The van der Waals surface area contributed by atoms with Crippen molar-refractivity contribution >= 4 is 25.7 Å². The molecule has 0 heterocycles. The number of ether oxygens (including phenoxy) is 2. The number of aliphatic carboxylic acids is 1. The molecule has 12 heteroatoms. The molecule has 0 saturated heterocycles. The molecule has 0 rings (SSSR count). The molecule has 0 aliphatic heterocycles. The first-order valence-corrected chi connectivity index (χ1v) is 21.5. The number of esters is 2. The third-order valence-corrected chi connectivity index (χ3v) is 8.89. The molecule has 0 aromatic rings. The number of carboxylic acid groups (broad SMARTS) is 1. The zero-order valence-electron chi connectivity index (χ0n) is 33.0. The lowest BCUT2D eigenvalue weighted by atomic mass is 10.1. The van der Waals surface area contributed by atoms with Crippen LogP contribution in [0.25, 0.3) is 0 Å². The van der Waals surface area contributed by atoms with Crippen LogP contribution in [0.2, 0.25) is 0 Å². The molecule has 0 spiro atoms. The molecule has 0 aliphatic carbocycles. The van der Waals surface area contributed by atoms with Gasteiger partial charge in [-0.15, -0.1) is 0 Å². The lowest BCUT2D eigenvalue weighted by Gasteiger charge is -2.20. The lowest BCUT2D eigenvalue weighted by molar-refractivity contribution is -0.161. The Balaban J connectivity index is 4.55. The van der Waals surface area contributed by atoms with Crippen LogP contribution in [-0.4, -0.2) is 59.9 Å². The van der Waals surface area contributed by atoms with Crippen LogP contribution in [0.1, 0.15) is 142 Å². The number of rotatable bonds is 36. The molecule has 0 aromatic carbocycles. The summed E-state index contributed by atoms with van der Waals surface area (Å²) in [5.41, 5.74) is 5.32. The van der Waals surface area contributed by atoms with Crippen molar-refractivity contribution in [2.24, 2.45) is 5.73 Å². The molecule has 3 atom stereocenters.